The van der Waals surface area contributed by atoms with Gasteiger partial charge in [0.15, 0.2) is 5.16 Å². The van der Waals surface area contributed by atoms with Crippen LogP contribution in [0.1, 0.15) is 10.8 Å². The predicted octanol–water partition coefficient (Wildman–Crippen LogP) is 3.40. The maximum atomic E-state index is 11.7. The van der Waals surface area contributed by atoms with E-state index in [1.165, 1.54) is 11.8 Å². The van der Waals surface area contributed by atoms with E-state index in [4.69, 9.17) is 5.73 Å². The molecule has 0 saturated heterocycles. The minimum Gasteiger partial charge on any atom is -0.368 e. The van der Waals surface area contributed by atoms with Gasteiger partial charge in [-0.1, -0.05) is 72.4 Å². The third-order valence-corrected chi connectivity index (χ3v) is 4.40. The zero-order valence-corrected chi connectivity index (χ0v) is 12.6. The van der Waals surface area contributed by atoms with Crippen LogP contribution in [-0.4, -0.2) is 15.9 Å². The molecule has 22 heavy (non-hydrogen) atoms. The van der Waals surface area contributed by atoms with E-state index in [9.17, 15) is 4.79 Å². The van der Waals surface area contributed by atoms with Gasteiger partial charge in [0.1, 0.15) is 5.25 Å². The topological polar surface area (TPSA) is 71.8 Å². The van der Waals surface area contributed by atoms with Gasteiger partial charge in [-0.15, -0.1) is 0 Å². The van der Waals surface area contributed by atoms with Crippen LogP contribution in [0.3, 0.4) is 0 Å². The molecule has 3 N–H and O–H groups in total. The maximum absolute atomic E-state index is 11.7. The van der Waals surface area contributed by atoms with Crippen LogP contribution in [-0.2, 0) is 4.79 Å². The minimum absolute atomic E-state index is 0.381. The molecule has 0 aliphatic heterocycles. The van der Waals surface area contributed by atoms with Crippen LogP contribution in [0, 0.1) is 0 Å². The first-order valence-electron chi connectivity index (χ1n) is 6.85. The van der Waals surface area contributed by atoms with Gasteiger partial charge in [0.25, 0.3) is 0 Å². The Morgan fingerprint density at radius 3 is 2.32 bits per heavy atom. The van der Waals surface area contributed by atoms with Crippen LogP contribution in [0.15, 0.2) is 72.0 Å². The lowest BCUT2D eigenvalue weighted by Crippen LogP contribution is -2.19. The number of nitrogens with two attached hydrogens (primary N) is 1. The van der Waals surface area contributed by atoms with E-state index in [-0.39, 0.29) is 5.91 Å². The Balaban J connectivity index is 1.83. The molecule has 0 saturated carbocycles. The molecule has 1 heterocycles. The summed E-state index contributed by atoms with van der Waals surface area (Å²) in [6.45, 7) is 0. The summed E-state index contributed by atoms with van der Waals surface area (Å²) in [4.78, 5) is 19.3. The molecule has 1 atom stereocenters. The van der Waals surface area contributed by atoms with Gasteiger partial charge < -0.3 is 10.7 Å². The monoisotopic (exact) mass is 309 g/mol. The van der Waals surface area contributed by atoms with E-state index in [0.29, 0.717) is 5.16 Å². The Morgan fingerprint density at radius 1 is 1.05 bits per heavy atom. The van der Waals surface area contributed by atoms with Crippen molar-refractivity contribution in [3.63, 3.8) is 0 Å². The van der Waals surface area contributed by atoms with Crippen LogP contribution in [0.25, 0.3) is 11.3 Å². The average Bonchev–Trinajstić information content (AvgIpc) is 3.03. The Kier molecular flexibility index (Phi) is 4.25. The first-order valence-corrected chi connectivity index (χ1v) is 7.73. The van der Waals surface area contributed by atoms with Crippen molar-refractivity contribution >= 4 is 17.7 Å². The first-order chi connectivity index (χ1) is 10.7. The zero-order valence-electron chi connectivity index (χ0n) is 11.8. The van der Waals surface area contributed by atoms with Crippen LogP contribution < -0.4 is 5.73 Å². The Hall–Kier alpha value is -2.53. The lowest BCUT2D eigenvalue weighted by Gasteiger charge is -2.11. The highest BCUT2D eigenvalue weighted by molar-refractivity contribution is 8.00. The molecule has 0 aliphatic rings. The minimum atomic E-state index is -0.462. The number of hydrogen-bond donors (Lipinski definition) is 2. The molecule has 0 spiro atoms. The van der Waals surface area contributed by atoms with Crippen molar-refractivity contribution in [2.75, 3.05) is 0 Å². The van der Waals surface area contributed by atoms with Gasteiger partial charge in [0.05, 0.1) is 11.9 Å². The van der Waals surface area contributed by atoms with Crippen molar-refractivity contribution in [1.82, 2.24) is 9.97 Å². The summed E-state index contributed by atoms with van der Waals surface area (Å²) >= 11 is 1.32. The number of carbonyl (C=O) groups is 1. The standard InChI is InChI=1S/C17H15N3OS/c18-16(21)15(13-9-5-2-6-10-13)22-17-19-11-14(20-17)12-7-3-1-4-8-12/h1-11,15H,(H2,18,21)(H,19,20)/t15-/m1/s1. The molecule has 3 aromatic rings. The summed E-state index contributed by atoms with van der Waals surface area (Å²) in [6, 6.07) is 19.4. The first kappa shape index (κ1) is 14.4. The number of aromatic amines is 1. The molecule has 0 radical (unpaired) electrons. The normalized spacial score (nSPS) is 12.0. The molecule has 0 bridgehead atoms. The molecular weight excluding hydrogens is 294 g/mol. The van der Waals surface area contributed by atoms with Crippen LogP contribution >= 0.6 is 11.8 Å². The third kappa shape index (κ3) is 3.20. The number of nitrogens with zero attached hydrogens (tertiary/aromatic N) is 1. The number of nitrogens with one attached hydrogen (secondary N) is 1. The number of H-pyrrole nitrogens is 1. The molecule has 0 fully saturated rings. The van der Waals surface area contributed by atoms with E-state index < -0.39 is 5.25 Å². The lowest BCUT2D eigenvalue weighted by atomic mass is 10.1. The Labute approximate surface area is 132 Å². The van der Waals surface area contributed by atoms with Crippen LogP contribution in [0.5, 0.6) is 0 Å². The van der Waals surface area contributed by atoms with Crippen molar-refractivity contribution in [3.8, 4) is 11.3 Å². The summed E-state index contributed by atoms with van der Waals surface area (Å²) < 4.78 is 0. The molecular formula is C17H15N3OS. The largest absolute Gasteiger partial charge is 0.368 e. The quantitative estimate of drug-likeness (QED) is 0.710. The fraction of sp³-hybridized carbons (Fsp3) is 0.0588. The van der Waals surface area contributed by atoms with Crippen molar-refractivity contribution in [1.29, 1.82) is 0 Å². The van der Waals surface area contributed by atoms with Crippen molar-refractivity contribution in [2.24, 2.45) is 5.73 Å². The van der Waals surface area contributed by atoms with E-state index in [0.717, 1.165) is 16.8 Å². The van der Waals surface area contributed by atoms with E-state index in [1.807, 2.05) is 60.7 Å². The SMILES string of the molecule is NC(=O)[C@H](Sc1ncc(-c2ccccc2)[nH]1)c1ccccc1. The second kappa shape index (κ2) is 6.49. The lowest BCUT2D eigenvalue weighted by molar-refractivity contribution is -0.117. The van der Waals surface area contributed by atoms with Crippen molar-refractivity contribution in [2.45, 2.75) is 10.4 Å². The highest BCUT2D eigenvalue weighted by atomic mass is 32.2. The van der Waals surface area contributed by atoms with Gasteiger partial charge >= 0.3 is 0 Å². The van der Waals surface area contributed by atoms with E-state index in [2.05, 4.69) is 9.97 Å². The Morgan fingerprint density at radius 2 is 1.68 bits per heavy atom. The number of amides is 1. The molecule has 110 valence electrons. The number of primary amides is 1. The fourth-order valence-electron chi connectivity index (χ4n) is 2.16. The number of carbonyl (C=O) groups excluding carboxylic acids is 1. The maximum Gasteiger partial charge on any atom is 0.235 e. The molecule has 2 aromatic carbocycles. The molecule has 0 unspecified atom stereocenters. The molecule has 1 amide bonds. The molecule has 1 aromatic heterocycles. The molecule has 3 rings (SSSR count). The van der Waals surface area contributed by atoms with Crippen LogP contribution in [0.2, 0.25) is 0 Å². The van der Waals surface area contributed by atoms with Gasteiger partial charge in [-0.25, -0.2) is 4.98 Å². The van der Waals surface area contributed by atoms with Gasteiger partial charge in [0.2, 0.25) is 5.91 Å². The number of aromatic nitrogens is 2. The number of thioether (sulfide) groups is 1. The highest BCUT2D eigenvalue weighted by Crippen LogP contribution is 2.34. The molecule has 4 nitrogen and oxygen atoms in total. The Bertz CT molecular complexity index is 756. The zero-order chi connectivity index (χ0) is 15.4. The van der Waals surface area contributed by atoms with Gasteiger partial charge in [-0.3, -0.25) is 4.79 Å². The number of rotatable bonds is 5. The highest BCUT2D eigenvalue weighted by Gasteiger charge is 2.20. The summed E-state index contributed by atoms with van der Waals surface area (Å²) in [5, 5.41) is 0.211. The molecule has 0 aliphatic carbocycles. The van der Waals surface area contributed by atoms with E-state index in [1.54, 1.807) is 6.20 Å². The summed E-state index contributed by atoms with van der Waals surface area (Å²) in [5.41, 5.74) is 8.37. The van der Waals surface area contributed by atoms with Gasteiger partial charge in [-0.05, 0) is 11.1 Å². The molecule has 5 heteroatoms. The average molecular weight is 309 g/mol. The summed E-state index contributed by atoms with van der Waals surface area (Å²) in [5.74, 6) is -0.381. The predicted molar refractivity (Wildman–Crippen MR) is 88.3 cm³/mol. The third-order valence-electron chi connectivity index (χ3n) is 3.23. The number of imidazole rings is 1. The van der Waals surface area contributed by atoms with Gasteiger partial charge in [0, 0.05) is 0 Å². The summed E-state index contributed by atoms with van der Waals surface area (Å²) in [7, 11) is 0. The van der Waals surface area contributed by atoms with Gasteiger partial charge in [-0.2, -0.15) is 0 Å². The summed E-state index contributed by atoms with van der Waals surface area (Å²) in [6.07, 6.45) is 1.76. The number of hydrogen-bond acceptors (Lipinski definition) is 3. The van der Waals surface area contributed by atoms with E-state index >= 15 is 0 Å². The van der Waals surface area contributed by atoms with Crippen molar-refractivity contribution in [3.05, 3.63) is 72.4 Å². The smallest absolute Gasteiger partial charge is 0.235 e. The second-order valence-corrected chi connectivity index (χ2v) is 5.87. The number of benzene rings is 2. The fourth-order valence-corrected chi connectivity index (χ4v) is 3.07. The van der Waals surface area contributed by atoms with Crippen molar-refractivity contribution < 1.29 is 4.79 Å². The van der Waals surface area contributed by atoms with Crippen LogP contribution in [0.4, 0.5) is 0 Å². The second-order valence-electron chi connectivity index (χ2n) is 4.78.